The molecule has 0 spiro atoms. The Bertz CT molecular complexity index is 633. The summed E-state index contributed by atoms with van der Waals surface area (Å²) in [5, 5.41) is 7.00. The first-order valence-corrected chi connectivity index (χ1v) is 7.33. The van der Waals surface area contributed by atoms with Gasteiger partial charge in [0.25, 0.3) is 10.0 Å². The molecule has 18 heavy (non-hydrogen) atoms. The van der Waals surface area contributed by atoms with E-state index in [4.69, 9.17) is 10.2 Å². The standard InChI is InChI=1S/C8H11N5O3S2/c1-2-5-3-10-6(16-5)4-11-18(14,15)8-13-12-7(9)17-8/h3,11H,2,4H2,1H3,(H2,9,12). The van der Waals surface area contributed by atoms with Gasteiger partial charge in [-0.3, -0.25) is 0 Å². The van der Waals surface area contributed by atoms with Gasteiger partial charge in [-0.1, -0.05) is 18.3 Å². The molecule has 0 radical (unpaired) electrons. The first-order valence-electron chi connectivity index (χ1n) is 5.03. The van der Waals surface area contributed by atoms with Crippen LogP contribution in [0.4, 0.5) is 5.13 Å². The summed E-state index contributed by atoms with van der Waals surface area (Å²) in [6, 6.07) is 0. The fraction of sp³-hybridized carbons (Fsp3) is 0.375. The van der Waals surface area contributed by atoms with Crippen LogP contribution >= 0.6 is 11.3 Å². The smallest absolute Gasteiger partial charge is 0.270 e. The second-order valence-corrected chi connectivity index (χ2v) is 6.25. The lowest BCUT2D eigenvalue weighted by molar-refractivity contribution is 0.452. The molecule has 0 aliphatic carbocycles. The first kappa shape index (κ1) is 12.9. The average molecular weight is 289 g/mol. The van der Waals surface area contributed by atoms with Crippen LogP contribution in [0.2, 0.25) is 0 Å². The van der Waals surface area contributed by atoms with Gasteiger partial charge in [0.05, 0.1) is 12.7 Å². The Hall–Kier alpha value is -1.52. The molecule has 0 fully saturated rings. The number of aryl methyl sites for hydroxylation is 1. The van der Waals surface area contributed by atoms with Crippen LogP contribution in [0.1, 0.15) is 18.6 Å². The van der Waals surface area contributed by atoms with Gasteiger partial charge in [-0.15, -0.1) is 10.2 Å². The Morgan fingerprint density at radius 3 is 2.83 bits per heavy atom. The largest absolute Gasteiger partial charge is 0.444 e. The second kappa shape index (κ2) is 5.00. The molecule has 98 valence electrons. The molecule has 0 saturated heterocycles. The van der Waals surface area contributed by atoms with Crippen molar-refractivity contribution in [2.24, 2.45) is 0 Å². The highest BCUT2D eigenvalue weighted by molar-refractivity contribution is 7.91. The Balaban J connectivity index is 2.05. The fourth-order valence-corrected chi connectivity index (χ4v) is 2.94. The molecule has 0 unspecified atom stereocenters. The third kappa shape index (κ3) is 2.83. The minimum Gasteiger partial charge on any atom is -0.444 e. The van der Waals surface area contributed by atoms with Gasteiger partial charge in [-0.05, 0) is 0 Å². The number of rotatable bonds is 5. The molecule has 0 bridgehead atoms. The summed E-state index contributed by atoms with van der Waals surface area (Å²) in [5.41, 5.74) is 5.33. The lowest BCUT2D eigenvalue weighted by Crippen LogP contribution is -2.23. The van der Waals surface area contributed by atoms with Gasteiger partial charge < -0.3 is 10.2 Å². The van der Waals surface area contributed by atoms with Crippen LogP contribution in [0.25, 0.3) is 0 Å². The number of aromatic nitrogens is 3. The predicted molar refractivity (Wildman–Crippen MR) is 64.2 cm³/mol. The summed E-state index contributed by atoms with van der Waals surface area (Å²) in [6.45, 7) is 1.88. The number of nitrogens with one attached hydrogen (secondary N) is 1. The van der Waals surface area contributed by atoms with Crippen molar-refractivity contribution < 1.29 is 12.8 Å². The monoisotopic (exact) mass is 289 g/mol. The molecule has 0 aromatic carbocycles. The van der Waals surface area contributed by atoms with Crippen molar-refractivity contribution in [2.45, 2.75) is 24.2 Å². The number of sulfonamides is 1. The number of hydrogen-bond acceptors (Lipinski definition) is 8. The van der Waals surface area contributed by atoms with E-state index in [9.17, 15) is 8.42 Å². The van der Waals surface area contributed by atoms with Gasteiger partial charge in [-0.2, -0.15) is 4.72 Å². The quantitative estimate of drug-likeness (QED) is 0.802. The zero-order chi connectivity index (χ0) is 13.2. The normalized spacial score (nSPS) is 11.8. The van der Waals surface area contributed by atoms with Crippen molar-refractivity contribution in [3.63, 3.8) is 0 Å². The molecule has 0 aliphatic rings. The van der Waals surface area contributed by atoms with Gasteiger partial charge >= 0.3 is 0 Å². The minimum atomic E-state index is -3.72. The fourth-order valence-electron chi connectivity index (χ4n) is 1.14. The number of anilines is 1. The van der Waals surface area contributed by atoms with E-state index >= 15 is 0 Å². The lowest BCUT2D eigenvalue weighted by atomic mass is 10.4. The van der Waals surface area contributed by atoms with Crippen LogP contribution in [0.5, 0.6) is 0 Å². The van der Waals surface area contributed by atoms with Crippen LogP contribution < -0.4 is 10.5 Å². The molecular weight excluding hydrogens is 278 g/mol. The van der Waals surface area contributed by atoms with Crippen molar-refractivity contribution in [1.29, 1.82) is 0 Å². The van der Waals surface area contributed by atoms with E-state index in [1.807, 2.05) is 6.92 Å². The highest BCUT2D eigenvalue weighted by atomic mass is 32.2. The highest BCUT2D eigenvalue weighted by Gasteiger charge is 2.20. The van der Waals surface area contributed by atoms with Gasteiger partial charge in [-0.25, -0.2) is 13.4 Å². The molecule has 2 heterocycles. The number of nitrogens with two attached hydrogens (primary N) is 1. The molecule has 8 nitrogen and oxygen atoms in total. The Kier molecular flexibility index (Phi) is 3.59. The van der Waals surface area contributed by atoms with Crippen LogP contribution in [-0.2, 0) is 23.0 Å². The molecule has 2 aromatic rings. The molecule has 0 aliphatic heterocycles. The maximum absolute atomic E-state index is 11.8. The van der Waals surface area contributed by atoms with E-state index in [-0.39, 0.29) is 16.0 Å². The first-order chi connectivity index (χ1) is 8.51. The number of oxazole rings is 1. The number of hydrogen-bond donors (Lipinski definition) is 2. The van der Waals surface area contributed by atoms with E-state index in [0.29, 0.717) is 18.1 Å². The molecule has 10 heteroatoms. The SMILES string of the molecule is CCc1cnc(CNS(=O)(=O)c2nnc(N)s2)o1. The van der Waals surface area contributed by atoms with E-state index in [0.717, 1.165) is 11.3 Å². The van der Waals surface area contributed by atoms with Gasteiger partial charge in [0.15, 0.2) is 0 Å². The predicted octanol–water partition coefficient (Wildman–Crippen LogP) is 0.149. The van der Waals surface area contributed by atoms with E-state index in [2.05, 4.69) is 19.9 Å². The molecule has 0 saturated carbocycles. The summed E-state index contributed by atoms with van der Waals surface area (Å²) < 4.78 is 30.9. The number of nitrogen functional groups attached to an aromatic ring is 1. The molecule has 2 rings (SSSR count). The maximum atomic E-state index is 11.8. The molecule has 2 aromatic heterocycles. The molecule has 0 atom stereocenters. The molecule has 3 N–H and O–H groups in total. The number of nitrogens with zero attached hydrogens (tertiary/aromatic N) is 3. The van der Waals surface area contributed by atoms with Crippen molar-refractivity contribution in [1.82, 2.24) is 19.9 Å². The van der Waals surface area contributed by atoms with Crippen LogP contribution in [0.15, 0.2) is 15.0 Å². The summed E-state index contributed by atoms with van der Waals surface area (Å²) in [5.74, 6) is 0.997. The van der Waals surface area contributed by atoms with E-state index < -0.39 is 10.0 Å². The highest BCUT2D eigenvalue weighted by Crippen LogP contribution is 2.16. The summed E-state index contributed by atoms with van der Waals surface area (Å²) >= 11 is 0.794. The maximum Gasteiger partial charge on any atom is 0.270 e. The van der Waals surface area contributed by atoms with Crippen molar-refractivity contribution in [3.8, 4) is 0 Å². The van der Waals surface area contributed by atoms with Gasteiger partial charge in [0.2, 0.25) is 15.4 Å². The van der Waals surface area contributed by atoms with Gasteiger partial charge in [0.1, 0.15) is 5.76 Å². The van der Waals surface area contributed by atoms with Crippen LogP contribution in [0.3, 0.4) is 0 Å². The molecular formula is C8H11N5O3S2. The summed E-state index contributed by atoms with van der Waals surface area (Å²) in [7, 11) is -3.72. The summed E-state index contributed by atoms with van der Waals surface area (Å²) in [6.07, 6.45) is 2.26. The third-order valence-corrected chi connectivity index (χ3v) is 4.54. The molecule has 0 amide bonds. The average Bonchev–Trinajstić information content (AvgIpc) is 2.95. The lowest BCUT2D eigenvalue weighted by Gasteiger charge is -1.99. The van der Waals surface area contributed by atoms with Crippen LogP contribution in [0, 0.1) is 0 Å². The Labute approximate surface area is 107 Å². The van der Waals surface area contributed by atoms with Crippen molar-refractivity contribution >= 4 is 26.5 Å². The zero-order valence-corrected chi connectivity index (χ0v) is 11.1. The van der Waals surface area contributed by atoms with E-state index in [1.165, 1.54) is 0 Å². The van der Waals surface area contributed by atoms with E-state index in [1.54, 1.807) is 6.20 Å². The van der Waals surface area contributed by atoms with Crippen LogP contribution in [-0.4, -0.2) is 23.6 Å². The van der Waals surface area contributed by atoms with Gasteiger partial charge in [0, 0.05) is 6.42 Å². The Morgan fingerprint density at radius 1 is 1.50 bits per heavy atom. The Morgan fingerprint density at radius 2 is 2.28 bits per heavy atom. The van der Waals surface area contributed by atoms with Crippen molar-refractivity contribution in [2.75, 3.05) is 5.73 Å². The minimum absolute atomic E-state index is 0.0399. The topological polar surface area (TPSA) is 124 Å². The van der Waals surface area contributed by atoms with Crippen molar-refractivity contribution in [3.05, 3.63) is 17.8 Å². The second-order valence-electron chi connectivity index (χ2n) is 3.30. The third-order valence-electron chi connectivity index (χ3n) is 2.02. The zero-order valence-electron chi connectivity index (χ0n) is 9.45. The summed E-state index contributed by atoms with van der Waals surface area (Å²) in [4.78, 5) is 3.94.